The van der Waals surface area contributed by atoms with E-state index in [9.17, 15) is 0 Å². The Morgan fingerprint density at radius 1 is 0.615 bits per heavy atom. The van der Waals surface area contributed by atoms with Gasteiger partial charge in [-0.3, -0.25) is 0 Å². The third kappa shape index (κ3) is 2.24. The molecule has 0 saturated heterocycles. The summed E-state index contributed by atoms with van der Waals surface area (Å²) in [6.45, 7) is 4.51. The molecule has 26 heavy (non-hydrogen) atoms. The first-order chi connectivity index (χ1) is 12.7. The fraction of sp³-hybridized carbons (Fsp3) is 0.120. The molecule has 0 N–H and O–H groups in total. The maximum Gasteiger partial charge on any atom is 0.0541 e. The van der Waals surface area contributed by atoms with E-state index in [-0.39, 0.29) is 0 Å². The van der Waals surface area contributed by atoms with E-state index in [2.05, 4.69) is 103 Å². The summed E-state index contributed by atoms with van der Waals surface area (Å²) < 4.78 is 2.39. The summed E-state index contributed by atoms with van der Waals surface area (Å²) in [5.41, 5.74) is 5.13. The normalized spacial score (nSPS) is 11.8. The van der Waals surface area contributed by atoms with E-state index in [4.69, 9.17) is 0 Å². The molecule has 1 nitrogen and oxygen atoms in total. The minimum absolute atomic E-state index is 0.530. The monoisotopic (exact) mass is 335 g/mol. The van der Waals surface area contributed by atoms with Gasteiger partial charge in [0, 0.05) is 16.5 Å². The van der Waals surface area contributed by atoms with Crippen molar-refractivity contribution in [3.05, 3.63) is 90.5 Å². The molecule has 0 atom stereocenters. The molecule has 0 fully saturated rings. The number of hydrogen-bond acceptors (Lipinski definition) is 0. The second kappa shape index (κ2) is 5.74. The lowest BCUT2D eigenvalue weighted by Crippen LogP contribution is -1.94. The van der Waals surface area contributed by atoms with Crippen molar-refractivity contribution in [1.29, 1.82) is 0 Å². The molecular formula is C25H21N. The minimum atomic E-state index is 0.530. The summed E-state index contributed by atoms with van der Waals surface area (Å²) >= 11 is 0. The standard InChI is InChI=1S/C25H21N/c1-17(2)19-12-14-25-23(16-19)22-9-5-6-10-24(22)26(25)21-13-11-18-7-3-4-8-20(18)15-21/h3-17H,1-2H3. The van der Waals surface area contributed by atoms with Crippen LogP contribution >= 0.6 is 0 Å². The lowest BCUT2D eigenvalue weighted by atomic mass is 10.0. The maximum atomic E-state index is 2.39. The van der Waals surface area contributed by atoms with Crippen LogP contribution in [0.4, 0.5) is 0 Å². The fourth-order valence-electron chi connectivity index (χ4n) is 3.94. The Balaban J connectivity index is 1.87. The van der Waals surface area contributed by atoms with Crippen LogP contribution in [0, 0.1) is 0 Å². The zero-order valence-corrected chi connectivity index (χ0v) is 15.1. The summed E-state index contributed by atoms with van der Waals surface area (Å²) in [4.78, 5) is 0. The van der Waals surface area contributed by atoms with E-state index in [0.29, 0.717) is 5.92 Å². The van der Waals surface area contributed by atoms with Crippen molar-refractivity contribution >= 4 is 32.6 Å². The summed E-state index contributed by atoms with van der Waals surface area (Å²) in [5.74, 6) is 0.530. The van der Waals surface area contributed by atoms with Crippen LogP contribution in [-0.4, -0.2) is 4.57 Å². The number of aromatic nitrogens is 1. The molecule has 0 unspecified atom stereocenters. The van der Waals surface area contributed by atoms with E-state index >= 15 is 0 Å². The number of hydrogen-bond donors (Lipinski definition) is 0. The van der Waals surface area contributed by atoms with Gasteiger partial charge in [0.25, 0.3) is 0 Å². The molecule has 0 aliphatic heterocycles. The molecule has 0 radical (unpaired) electrons. The summed E-state index contributed by atoms with van der Waals surface area (Å²) in [6.07, 6.45) is 0. The third-order valence-electron chi connectivity index (χ3n) is 5.35. The first-order valence-corrected chi connectivity index (χ1v) is 9.24. The Labute approximate surface area is 153 Å². The summed E-state index contributed by atoms with van der Waals surface area (Å²) in [6, 6.07) is 30.9. The Morgan fingerprint density at radius 2 is 1.35 bits per heavy atom. The molecule has 1 aromatic heterocycles. The molecule has 126 valence electrons. The first-order valence-electron chi connectivity index (χ1n) is 9.24. The van der Waals surface area contributed by atoms with Crippen LogP contribution in [-0.2, 0) is 0 Å². The van der Waals surface area contributed by atoms with Crippen LogP contribution in [0.15, 0.2) is 84.9 Å². The summed E-state index contributed by atoms with van der Waals surface area (Å²) in [7, 11) is 0. The lowest BCUT2D eigenvalue weighted by molar-refractivity contribution is 0.868. The van der Waals surface area contributed by atoms with Crippen LogP contribution in [0.1, 0.15) is 25.3 Å². The van der Waals surface area contributed by atoms with E-state index < -0.39 is 0 Å². The predicted molar refractivity (Wildman–Crippen MR) is 112 cm³/mol. The molecule has 4 aromatic carbocycles. The molecule has 0 bridgehead atoms. The van der Waals surface area contributed by atoms with Crippen LogP contribution in [0.25, 0.3) is 38.3 Å². The van der Waals surface area contributed by atoms with Crippen molar-refractivity contribution in [1.82, 2.24) is 4.57 Å². The lowest BCUT2D eigenvalue weighted by Gasteiger charge is -2.10. The Kier molecular flexibility index (Phi) is 3.36. The highest BCUT2D eigenvalue weighted by molar-refractivity contribution is 6.09. The highest BCUT2D eigenvalue weighted by Crippen LogP contribution is 2.34. The van der Waals surface area contributed by atoms with Gasteiger partial charge in [0.05, 0.1) is 11.0 Å². The van der Waals surface area contributed by atoms with Gasteiger partial charge in [0.15, 0.2) is 0 Å². The zero-order valence-electron chi connectivity index (χ0n) is 15.1. The maximum absolute atomic E-state index is 2.39. The van der Waals surface area contributed by atoms with Gasteiger partial charge < -0.3 is 4.57 Å². The topological polar surface area (TPSA) is 4.93 Å². The van der Waals surface area contributed by atoms with Crippen molar-refractivity contribution in [3.63, 3.8) is 0 Å². The number of para-hydroxylation sites is 1. The Morgan fingerprint density at radius 3 is 2.19 bits per heavy atom. The summed E-state index contributed by atoms with van der Waals surface area (Å²) in [5, 5.41) is 5.20. The molecule has 5 aromatic rings. The fourth-order valence-corrected chi connectivity index (χ4v) is 3.94. The minimum Gasteiger partial charge on any atom is -0.309 e. The van der Waals surface area contributed by atoms with Gasteiger partial charge in [-0.2, -0.15) is 0 Å². The SMILES string of the molecule is CC(C)c1ccc2c(c1)c1ccccc1n2-c1ccc2ccccc2c1. The number of fused-ring (bicyclic) bond motifs is 4. The Hall–Kier alpha value is -3.06. The van der Waals surface area contributed by atoms with E-state index in [1.54, 1.807) is 0 Å². The van der Waals surface area contributed by atoms with Gasteiger partial charge in [-0.1, -0.05) is 68.4 Å². The zero-order chi connectivity index (χ0) is 17.7. The van der Waals surface area contributed by atoms with Gasteiger partial charge in [0.2, 0.25) is 0 Å². The third-order valence-corrected chi connectivity index (χ3v) is 5.35. The van der Waals surface area contributed by atoms with Crippen LogP contribution in [0.2, 0.25) is 0 Å². The van der Waals surface area contributed by atoms with Crippen molar-refractivity contribution < 1.29 is 0 Å². The second-order valence-electron chi connectivity index (χ2n) is 7.32. The molecule has 0 aliphatic carbocycles. The molecule has 1 heteroatoms. The number of rotatable bonds is 2. The quantitative estimate of drug-likeness (QED) is 0.325. The first kappa shape index (κ1) is 15.2. The number of benzene rings is 4. The van der Waals surface area contributed by atoms with Gasteiger partial charge in [-0.15, -0.1) is 0 Å². The van der Waals surface area contributed by atoms with Crippen LogP contribution in [0.5, 0.6) is 0 Å². The van der Waals surface area contributed by atoms with E-state index in [1.807, 2.05) is 0 Å². The van der Waals surface area contributed by atoms with Crippen molar-refractivity contribution in [2.45, 2.75) is 19.8 Å². The molecule has 0 aliphatic rings. The molecule has 0 spiro atoms. The molecule has 0 amide bonds. The molecule has 5 rings (SSSR count). The van der Waals surface area contributed by atoms with Gasteiger partial charge >= 0.3 is 0 Å². The molecule has 1 heterocycles. The largest absolute Gasteiger partial charge is 0.309 e. The highest BCUT2D eigenvalue weighted by Gasteiger charge is 2.13. The van der Waals surface area contributed by atoms with E-state index in [0.717, 1.165) is 0 Å². The van der Waals surface area contributed by atoms with Gasteiger partial charge in [-0.25, -0.2) is 0 Å². The Bertz CT molecular complexity index is 1260. The van der Waals surface area contributed by atoms with Gasteiger partial charge in [0.1, 0.15) is 0 Å². The van der Waals surface area contributed by atoms with Crippen molar-refractivity contribution in [3.8, 4) is 5.69 Å². The average Bonchev–Trinajstić information content (AvgIpc) is 3.01. The van der Waals surface area contributed by atoms with Gasteiger partial charge in [-0.05, 0) is 52.6 Å². The van der Waals surface area contributed by atoms with Crippen molar-refractivity contribution in [2.75, 3.05) is 0 Å². The smallest absolute Gasteiger partial charge is 0.0541 e. The van der Waals surface area contributed by atoms with Crippen LogP contribution < -0.4 is 0 Å². The average molecular weight is 335 g/mol. The number of nitrogens with zero attached hydrogens (tertiary/aromatic N) is 1. The van der Waals surface area contributed by atoms with Crippen molar-refractivity contribution in [2.24, 2.45) is 0 Å². The van der Waals surface area contributed by atoms with Crippen LogP contribution in [0.3, 0.4) is 0 Å². The second-order valence-corrected chi connectivity index (χ2v) is 7.32. The highest BCUT2D eigenvalue weighted by atomic mass is 15.0. The predicted octanol–water partition coefficient (Wildman–Crippen LogP) is 7.06. The molecular weight excluding hydrogens is 314 g/mol. The molecule has 0 saturated carbocycles. The van der Waals surface area contributed by atoms with E-state index in [1.165, 1.54) is 43.8 Å².